The summed E-state index contributed by atoms with van der Waals surface area (Å²) >= 11 is 0. The van der Waals surface area contributed by atoms with Gasteiger partial charge in [-0.3, -0.25) is 0 Å². The third-order valence-electron chi connectivity index (χ3n) is 2.96. The summed E-state index contributed by atoms with van der Waals surface area (Å²) in [6.07, 6.45) is 0. The van der Waals surface area contributed by atoms with Crippen LogP contribution in [-0.4, -0.2) is 25.2 Å². The second-order valence-electron chi connectivity index (χ2n) is 4.32. The Morgan fingerprint density at radius 1 is 1.41 bits per heavy atom. The standard InChI is InChI=1S/C12H16FN3O/c1-8-6-14-7-11(8)16-12(17)15-10-5-3-2-4-9(10)13/h2-5,8,11,14H,6-7H2,1H3,(H2,15,16,17). The SMILES string of the molecule is CC1CNCC1NC(=O)Nc1ccccc1F. The van der Waals surface area contributed by atoms with Gasteiger partial charge in [0.15, 0.2) is 0 Å². The molecule has 2 atom stereocenters. The summed E-state index contributed by atoms with van der Waals surface area (Å²) < 4.78 is 13.3. The first-order valence-corrected chi connectivity index (χ1v) is 5.69. The van der Waals surface area contributed by atoms with Gasteiger partial charge in [0.2, 0.25) is 0 Å². The quantitative estimate of drug-likeness (QED) is 0.731. The molecule has 1 saturated heterocycles. The number of para-hydroxylation sites is 1. The minimum atomic E-state index is -0.430. The molecule has 1 aliphatic heterocycles. The van der Waals surface area contributed by atoms with Gasteiger partial charge in [-0.05, 0) is 24.6 Å². The summed E-state index contributed by atoms with van der Waals surface area (Å²) in [7, 11) is 0. The first kappa shape index (κ1) is 11.9. The van der Waals surface area contributed by atoms with Crippen LogP contribution >= 0.6 is 0 Å². The van der Waals surface area contributed by atoms with Crippen LogP contribution in [0.25, 0.3) is 0 Å². The van der Waals surface area contributed by atoms with Gasteiger partial charge in [-0.1, -0.05) is 19.1 Å². The van der Waals surface area contributed by atoms with Crippen LogP contribution in [0.1, 0.15) is 6.92 Å². The molecule has 2 rings (SSSR count). The minimum absolute atomic E-state index is 0.0989. The lowest BCUT2D eigenvalue weighted by Gasteiger charge is -2.16. The maximum absolute atomic E-state index is 13.3. The van der Waals surface area contributed by atoms with Gasteiger partial charge in [-0.2, -0.15) is 0 Å². The highest BCUT2D eigenvalue weighted by Gasteiger charge is 2.24. The molecule has 1 fully saturated rings. The van der Waals surface area contributed by atoms with E-state index in [1.54, 1.807) is 12.1 Å². The summed E-state index contributed by atoms with van der Waals surface area (Å²) in [5, 5.41) is 8.52. The normalized spacial score (nSPS) is 23.4. The van der Waals surface area contributed by atoms with Crippen molar-refractivity contribution >= 4 is 11.7 Å². The van der Waals surface area contributed by atoms with E-state index in [0.717, 1.165) is 13.1 Å². The average molecular weight is 237 g/mol. The number of halogens is 1. The Bertz CT molecular complexity index is 410. The van der Waals surface area contributed by atoms with E-state index in [0.29, 0.717) is 5.92 Å². The molecule has 17 heavy (non-hydrogen) atoms. The summed E-state index contributed by atoms with van der Waals surface area (Å²) in [6.45, 7) is 3.71. The lowest BCUT2D eigenvalue weighted by molar-refractivity contribution is 0.247. The van der Waals surface area contributed by atoms with Crippen molar-refractivity contribution < 1.29 is 9.18 Å². The lowest BCUT2D eigenvalue weighted by Crippen LogP contribution is -2.42. The van der Waals surface area contributed by atoms with Gasteiger partial charge in [0, 0.05) is 12.6 Å². The topological polar surface area (TPSA) is 53.2 Å². The van der Waals surface area contributed by atoms with Gasteiger partial charge in [-0.15, -0.1) is 0 Å². The fourth-order valence-corrected chi connectivity index (χ4v) is 1.89. The van der Waals surface area contributed by atoms with E-state index in [4.69, 9.17) is 0 Å². The van der Waals surface area contributed by atoms with Crippen LogP contribution in [0.5, 0.6) is 0 Å². The minimum Gasteiger partial charge on any atom is -0.334 e. The van der Waals surface area contributed by atoms with Crippen molar-refractivity contribution in [2.45, 2.75) is 13.0 Å². The highest BCUT2D eigenvalue weighted by Crippen LogP contribution is 2.13. The van der Waals surface area contributed by atoms with Crippen molar-refractivity contribution in [3.8, 4) is 0 Å². The molecular formula is C12H16FN3O. The number of hydrogen-bond donors (Lipinski definition) is 3. The molecule has 0 spiro atoms. The Labute approximate surface area is 99.6 Å². The number of nitrogens with one attached hydrogen (secondary N) is 3. The zero-order valence-corrected chi connectivity index (χ0v) is 9.66. The molecule has 0 aliphatic carbocycles. The largest absolute Gasteiger partial charge is 0.334 e. The van der Waals surface area contributed by atoms with E-state index in [-0.39, 0.29) is 17.8 Å². The molecule has 0 radical (unpaired) electrons. The highest BCUT2D eigenvalue weighted by molar-refractivity contribution is 5.89. The number of amides is 2. The second-order valence-corrected chi connectivity index (χ2v) is 4.32. The van der Waals surface area contributed by atoms with Crippen LogP contribution in [-0.2, 0) is 0 Å². The third-order valence-corrected chi connectivity index (χ3v) is 2.96. The lowest BCUT2D eigenvalue weighted by atomic mass is 10.1. The molecule has 0 bridgehead atoms. The Morgan fingerprint density at radius 2 is 2.18 bits per heavy atom. The van der Waals surface area contributed by atoms with Gasteiger partial charge in [0.1, 0.15) is 5.82 Å². The van der Waals surface area contributed by atoms with Gasteiger partial charge in [-0.25, -0.2) is 9.18 Å². The van der Waals surface area contributed by atoms with Crippen molar-refractivity contribution in [1.82, 2.24) is 10.6 Å². The van der Waals surface area contributed by atoms with E-state index in [1.165, 1.54) is 12.1 Å². The van der Waals surface area contributed by atoms with Crippen molar-refractivity contribution in [2.75, 3.05) is 18.4 Å². The maximum atomic E-state index is 13.3. The number of hydrogen-bond acceptors (Lipinski definition) is 2. The van der Waals surface area contributed by atoms with Crippen LogP contribution in [0, 0.1) is 11.7 Å². The Hall–Kier alpha value is -1.62. The first-order chi connectivity index (χ1) is 8.16. The number of anilines is 1. The van der Waals surface area contributed by atoms with E-state index in [1.807, 2.05) is 0 Å². The fraction of sp³-hybridized carbons (Fsp3) is 0.417. The average Bonchev–Trinajstić information content (AvgIpc) is 2.68. The molecule has 5 heteroatoms. The van der Waals surface area contributed by atoms with E-state index in [2.05, 4.69) is 22.9 Å². The van der Waals surface area contributed by atoms with Crippen molar-refractivity contribution in [1.29, 1.82) is 0 Å². The number of carbonyl (C=O) groups excluding carboxylic acids is 1. The van der Waals surface area contributed by atoms with Crippen LogP contribution in [0.2, 0.25) is 0 Å². The second kappa shape index (κ2) is 5.14. The summed E-state index contributed by atoms with van der Waals surface area (Å²) in [4.78, 5) is 11.6. The Morgan fingerprint density at radius 3 is 2.82 bits per heavy atom. The van der Waals surface area contributed by atoms with Crippen molar-refractivity contribution in [3.63, 3.8) is 0 Å². The molecule has 4 nitrogen and oxygen atoms in total. The van der Waals surface area contributed by atoms with Gasteiger partial charge < -0.3 is 16.0 Å². The molecule has 0 aromatic heterocycles. The van der Waals surface area contributed by atoms with E-state index < -0.39 is 5.82 Å². The molecule has 3 N–H and O–H groups in total. The van der Waals surface area contributed by atoms with E-state index in [9.17, 15) is 9.18 Å². The molecule has 92 valence electrons. The Kier molecular flexibility index (Phi) is 3.58. The zero-order chi connectivity index (χ0) is 12.3. The predicted molar refractivity (Wildman–Crippen MR) is 64.4 cm³/mol. The molecule has 2 amide bonds. The van der Waals surface area contributed by atoms with Gasteiger partial charge in [0.05, 0.1) is 5.69 Å². The number of benzene rings is 1. The van der Waals surface area contributed by atoms with Crippen LogP contribution in [0.3, 0.4) is 0 Å². The molecule has 2 unspecified atom stereocenters. The van der Waals surface area contributed by atoms with Crippen LogP contribution in [0.4, 0.5) is 14.9 Å². The molecule has 1 aromatic rings. The third kappa shape index (κ3) is 2.94. The predicted octanol–water partition coefficient (Wildman–Crippen LogP) is 1.56. The maximum Gasteiger partial charge on any atom is 0.319 e. The van der Waals surface area contributed by atoms with Crippen molar-refractivity contribution in [3.05, 3.63) is 30.1 Å². The summed E-state index contributed by atoms with van der Waals surface area (Å²) in [5.41, 5.74) is 0.198. The smallest absolute Gasteiger partial charge is 0.319 e. The molecular weight excluding hydrogens is 221 g/mol. The molecule has 1 heterocycles. The fourth-order valence-electron chi connectivity index (χ4n) is 1.89. The molecule has 1 aromatic carbocycles. The van der Waals surface area contributed by atoms with Crippen LogP contribution in [0.15, 0.2) is 24.3 Å². The monoisotopic (exact) mass is 237 g/mol. The highest BCUT2D eigenvalue weighted by atomic mass is 19.1. The Balaban J connectivity index is 1.91. The van der Waals surface area contributed by atoms with Gasteiger partial charge in [0.25, 0.3) is 0 Å². The zero-order valence-electron chi connectivity index (χ0n) is 9.66. The van der Waals surface area contributed by atoms with Crippen molar-refractivity contribution in [2.24, 2.45) is 5.92 Å². The number of carbonyl (C=O) groups is 1. The number of urea groups is 1. The molecule has 1 aliphatic rings. The van der Waals surface area contributed by atoms with Gasteiger partial charge >= 0.3 is 6.03 Å². The summed E-state index contributed by atoms with van der Waals surface area (Å²) in [5.74, 6) is -0.0402. The number of rotatable bonds is 2. The van der Waals surface area contributed by atoms with Crippen LogP contribution < -0.4 is 16.0 Å². The first-order valence-electron chi connectivity index (χ1n) is 5.69. The molecule has 0 saturated carbocycles. The summed E-state index contributed by atoms with van der Waals surface area (Å²) in [6, 6.07) is 5.85. The van der Waals surface area contributed by atoms with E-state index >= 15 is 0 Å².